The Bertz CT molecular complexity index is 571. The van der Waals surface area contributed by atoms with Crippen LogP contribution in [0.5, 0.6) is 0 Å². The molecule has 0 unspecified atom stereocenters. The Hall–Kier alpha value is -1.81. The van der Waals surface area contributed by atoms with Gasteiger partial charge in [0.2, 0.25) is 0 Å². The summed E-state index contributed by atoms with van der Waals surface area (Å²) in [6.45, 7) is 1.61. The van der Waals surface area contributed by atoms with E-state index in [1.165, 1.54) is 0 Å². The van der Waals surface area contributed by atoms with Crippen molar-refractivity contribution >= 4 is 23.5 Å². The zero-order chi connectivity index (χ0) is 15.9. The van der Waals surface area contributed by atoms with E-state index in [0.717, 1.165) is 18.4 Å². The first kappa shape index (κ1) is 16.6. The molecule has 0 saturated heterocycles. The first-order chi connectivity index (χ1) is 10.6. The van der Waals surface area contributed by atoms with Gasteiger partial charge in [0, 0.05) is 5.02 Å². The fourth-order valence-corrected chi connectivity index (χ4v) is 2.60. The molecular weight excluding hydrogens is 302 g/mol. The SMILES string of the molecule is C[C@@H](NC(=O)COC(=O)[C@@H]1CC=CCC1)c1cccc(Cl)c1. The second-order valence-electron chi connectivity index (χ2n) is 5.43. The van der Waals surface area contributed by atoms with Crippen molar-refractivity contribution in [2.24, 2.45) is 5.92 Å². The van der Waals surface area contributed by atoms with Crippen LogP contribution in [0.3, 0.4) is 0 Å². The molecule has 0 fully saturated rings. The summed E-state index contributed by atoms with van der Waals surface area (Å²) in [4.78, 5) is 23.7. The van der Waals surface area contributed by atoms with Gasteiger partial charge in [0.25, 0.3) is 5.91 Å². The first-order valence-corrected chi connectivity index (χ1v) is 7.80. The predicted molar refractivity (Wildman–Crippen MR) is 85.4 cm³/mol. The smallest absolute Gasteiger partial charge is 0.309 e. The van der Waals surface area contributed by atoms with Gasteiger partial charge >= 0.3 is 5.97 Å². The van der Waals surface area contributed by atoms with E-state index >= 15 is 0 Å². The fourth-order valence-electron chi connectivity index (χ4n) is 2.40. The van der Waals surface area contributed by atoms with Crippen LogP contribution in [0.25, 0.3) is 0 Å². The maximum absolute atomic E-state index is 11.9. The first-order valence-electron chi connectivity index (χ1n) is 7.42. The number of ether oxygens (including phenoxy) is 1. The highest BCUT2D eigenvalue weighted by Gasteiger charge is 2.21. The van der Waals surface area contributed by atoms with E-state index < -0.39 is 0 Å². The lowest BCUT2D eigenvalue weighted by atomic mass is 9.95. The van der Waals surface area contributed by atoms with E-state index in [1.807, 2.05) is 25.1 Å². The van der Waals surface area contributed by atoms with Gasteiger partial charge < -0.3 is 10.1 Å². The van der Waals surface area contributed by atoms with Gasteiger partial charge in [-0.15, -0.1) is 0 Å². The molecule has 0 heterocycles. The summed E-state index contributed by atoms with van der Waals surface area (Å²) < 4.78 is 5.09. The molecule has 0 saturated carbocycles. The van der Waals surface area contributed by atoms with Gasteiger partial charge in [0.1, 0.15) is 0 Å². The van der Waals surface area contributed by atoms with Crippen LogP contribution in [-0.2, 0) is 14.3 Å². The molecule has 2 rings (SSSR count). The summed E-state index contributed by atoms with van der Waals surface area (Å²) in [5.74, 6) is -0.731. The van der Waals surface area contributed by atoms with Gasteiger partial charge in [-0.05, 0) is 43.9 Å². The van der Waals surface area contributed by atoms with Gasteiger partial charge in [-0.2, -0.15) is 0 Å². The highest BCUT2D eigenvalue weighted by molar-refractivity contribution is 6.30. The van der Waals surface area contributed by atoms with Crippen molar-refractivity contribution in [3.05, 3.63) is 47.0 Å². The average Bonchev–Trinajstić information content (AvgIpc) is 2.53. The number of amides is 1. The molecular formula is C17H20ClNO3. The van der Waals surface area contributed by atoms with Crippen LogP contribution in [0.1, 0.15) is 37.8 Å². The summed E-state index contributed by atoms with van der Waals surface area (Å²) >= 11 is 5.93. The van der Waals surface area contributed by atoms with Crippen LogP contribution < -0.4 is 5.32 Å². The molecule has 2 atom stereocenters. The number of carbonyl (C=O) groups is 2. The fraction of sp³-hybridized carbons (Fsp3) is 0.412. The monoisotopic (exact) mass is 321 g/mol. The quantitative estimate of drug-likeness (QED) is 0.668. The minimum absolute atomic E-state index is 0.122. The maximum Gasteiger partial charge on any atom is 0.309 e. The van der Waals surface area contributed by atoms with Crippen LogP contribution in [0.15, 0.2) is 36.4 Å². The third kappa shape index (κ3) is 4.88. The van der Waals surface area contributed by atoms with E-state index in [-0.39, 0.29) is 30.4 Å². The third-order valence-electron chi connectivity index (χ3n) is 3.67. The Morgan fingerprint density at radius 1 is 1.41 bits per heavy atom. The number of hydrogen-bond acceptors (Lipinski definition) is 3. The molecule has 0 spiro atoms. The molecule has 4 nitrogen and oxygen atoms in total. The Kier molecular flexibility index (Phi) is 6.01. The molecule has 22 heavy (non-hydrogen) atoms. The van der Waals surface area contributed by atoms with E-state index in [2.05, 4.69) is 11.4 Å². The molecule has 118 valence electrons. The van der Waals surface area contributed by atoms with Crippen molar-refractivity contribution in [2.45, 2.75) is 32.2 Å². The number of allylic oxidation sites excluding steroid dienone is 2. The topological polar surface area (TPSA) is 55.4 Å². The summed E-state index contributed by atoms with van der Waals surface area (Å²) in [6, 6.07) is 7.10. The minimum Gasteiger partial charge on any atom is -0.455 e. The molecule has 0 radical (unpaired) electrons. The summed E-state index contributed by atoms with van der Waals surface area (Å²) in [6.07, 6.45) is 6.41. The van der Waals surface area contributed by atoms with Gasteiger partial charge in [0.15, 0.2) is 6.61 Å². The molecule has 0 aromatic heterocycles. The number of nitrogens with one attached hydrogen (secondary N) is 1. The largest absolute Gasteiger partial charge is 0.455 e. The number of benzene rings is 1. The molecule has 1 N–H and O–H groups in total. The van der Waals surface area contributed by atoms with Crippen molar-refractivity contribution in [3.8, 4) is 0 Å². The highest BCUT2D eigenvalue weighted by Crippen LogP contribution is 2.20. The van der Waals surface area contributed by atoms with Crippen LogP contribution in [-0.4, -0.2) is 18.5 Å². The Balaban J connectivity index is 1.77. The standard InChI is InChI=1S/C17H20ClNO3/c1-12(14-8-5-9-15(18)10-14)19-16(20)11-22-17(21)13-6-3-2-4-7-13/h2-3,5,8-10,12-13H,4,6-7,11H2,1H3,(H,19,20)/t12-,13-/m1/s1. The summed E-state index contributed by atoms with van der Waals surface area (Å²) in [7, 11) is 0. The zero-order valence-corrected chi connectivity index (χ0v) is 13.3. The van der Waals surface area contributed by atoms with Gasteiger partial charge in [-0.25, -0.2) is 0 Å². The number of rotatable bonds is 5. The maximum atomic E-state index is 11.9. The lowest BCUT2D eigenvalue weighted by Crippen LogP contribution is -2.32. The number of carbonyl (C=O) groups excluding carboxylic acids is 2. The second kappa shape index (κ2) is 7.99. The summed E-state index contributed by atoms with van der Waals surface area (Å²) in [5.41, 5.74) is 0.907. The van der Waals surface area contributed by atoms with E-state index in [0.29, 0.717) is 11.4 Å². The Morgan fingerprint density at radius 2 is 2.23 bits per heavy atom. The average molecular weight is 322 g/mol. The number of halogens is 1. The zero-order valence-electron chi connectivity index (χ0n) is 12.5. The third-order valence-corrected chi connectivity index (χ3v) is 3.91. The Labute approximate surface area is 135 Å². The second-order valence-corrected chi connectivity index (χ2v) is 5.87. The Morgan fingerprint density at radius 3 is 2.91 bits per heavy atom. The molecule has 1 amide bonds. The van der Waals surface area contributed by atoms with Crippen LogP contribution >= 0.6 is 11.6 Å². The molecule has 5 heteroatoms. The predicted octanol–water partition coefficient (Wildman–Crippen LogP) is 3.42. The van der Waals surface area contributed by atoms with Crippen molar-refractivity contribution in [1.82, 2.24) is 5.32 Å². The van der Waals surface area contributed by atoms with Crippen molar-refractivity contribution in [3.63, 3.8) is 0 Å². The van der Waals surface area contributed by atoms with Crippen LogP contribution in [0.4, 0.5) is 0 Å². The van der Waals surface area contributed by atoms with Crippen molar-refractivity contribution in [1.29, 1.82) is 0 Å². The van der Waals surface area contributed by atoms with Gasteiger partial charge in [0.05, 0.1) is 12.0 Å². The van der Waals surface area contributed by atoms with Crippen molar-refractivity contribution < 1.29 is 14.3 Å². The van der Waals surface area contributed by atoms with Gasteiger partial charge in [-0.1, -0.05) is 35.9 Å². The van der Waals surface area contributed by atoms with E-state index in [4.69, 9.17) is 16.3 Å². The number of esters is 1. The number of hydrogen-bond donors (Lipinski definition) is 1. The van der Waals surface area contributed by atoms with Crippen molar-refractivity contribution in [2.75, 3.05) is 6.61 Å². The molecule has 1 aliphatic carbocycles. The van der Waals surface area contributed by atoms with E-state index in [1.54, 1.807) is 12.1 Å². The molecule has 1 aliphatic rings. The molecule has 1 aromatic carbocycles. The van der Waals surface area contributed by atoms with Crippen LogP contribution in [0.2, 0.25) is 5.02 Å². The molecule has 0 aliphatic heterocycles. The minimum atomic E-state index is -0.313. The van der Waals surface area contributed by atoms with E-state index in [9.17, 15) is 9.59 Å². The highest BCUT2D eigenvalue weighted by atomic mass is 35.5. The summed E-state index contributed by atoms with van der Waals surface area (Å²) in [5, 5.41) is 3.41. The normalized spacial score (nSPS) is 18.5. The lowest BCUT2D eigenvalue weighted by molar-refractivity contribution is -0.153. The lowest BCUT2D eigenvalue weighted by Gasteiger charge is -2.17. The molecule has 0 bridgehead atoms. The van der Waals surface area contributed by atoms with Gasteiger partial charge in [-0.3, -0.25) is 9.59 Å². The van der Waals surface area contributed by atoms with Crippen LogP contribution in [0, 0.1) is 5.92 Å². The molecule has 1 aromatic rings.